The molecule has 2 aromatic rings. The van der Waals surface area contributed by atoms with Gasteiger partial charge in [-0.15, -0.1) is 0 Å². The SMILES string of the molecule is CCOC(=O)c1ccccc1Nc1ccc(F)c(F)c1. The highest BCUT2D eigenvalue weighted by atomic mass is 19.2. The van der Waals surface area contributed by atoms with E-state index in [0.29, 0.717) is 16.9 Å². The molecule has 2 rings (SSSR count). The number of benzene rings is 2. The third kappa shape index (κ3) is 3.12. The minimum absolute atomic E-state index is 0.262. The molecule has 5 heteroatoms. The molecule has 0 unspecified atom stereocenters. The van der Waals surface area contributed by atoms with Crippen LogP contribution in [-0.4, -0.2) is 12.6 Å². The minimum Gasteiger partial charge on any atom is -0.462 e. The molecule has 0 heterocycles. The molecule has 0 aliphatic carbocycles. The lowest BCUT2D eigenvalue weighted by molar-refractivity contribution is 0.0527. The fourth-order valence-electron chi connectivity index (χ4n) is 1.71. The van der Waals surface area contributed by atoms with Crippen LogP contribution in [-0.2, 0) is 4.74 Å². The number of hydrogen-bond acceptors (Lipinski definition) is 3. The molecule has 2 aromatic carbocycles. The minimum atomic E-state index is -0.955. The van der Waals surface area contributed by atoms with Gasteiger partial charge in [0.15, 0.2) is 11.6 Å². The van der Waals surface area contributed by atoms with E-state index in [4.69, 9.17) is 4.74 Å². The molecule has 0 radical (unpaired) electrons. The maximum Gasteiger partial charge on any atom is 0.340 e. The van der Waals surface area contributed by atoms with Crippen molar-refractivity contribution in [3.8, 4) is 0 Å². The van der Waals surface area contributed by atoms with E-state index in [-0.39, 0.29) is 6.61 Å². The number of hydrogen-bond donors (Lipinski definition) is 1. The van der Waals surface area contributed by atoms with Crippen LogP contribution in [0.5, 0.6) is 0 Å². The predicted octanol–water partition coefficient (Wildman–Crippen LogP) is 3.89. The van der Waals surface area contributed by atoms with Crippen molar-refractivity contribution in [3.63, 3.8) is 0 Å². The molecule has 0 fully saturated rings. The molecule has 0 amide bonds. The van der Waals surface area contributed by atoms with Crippen molar-refractivity contribution in [2.75, 3.05) is 11.9 Å². The first-order valence-corrected chi connectivity index (χ1v) is 6.10. The van der Waals surface area contributed by atoms with E-state index in [2.05, 4.69) is 5.32 Å². The van der Waals surface area contributed by atoms with Crippen LogP contribution in [0.25, 0.3) is 0 Å². The topological polar surface area (TPSA) is 38.3 Å². The van der Waals surface area contributed by atoms with E-state index in [1.165, 1.54) is 6.07 Å². The Balaban J connectivity index is 2.29. The van der Waals surface area contributed by atoms with E-state index < -0.39 is 17.6 Å². The molecule has 0 aliphatic rings. The zero-order chi connectivity index (χ0) is 14.5. The first-order valence-electron chi connectivity index (χ1n) is 6.10. The summed E-state index contributed by atoms with van der Waals surface area (Å²) < 4.78 is 31.0. The predicted molar refractivity (Wildman–Crippen MR) is 72.0 cm³/mol. The standard InChI is InChI=1S/C15H13F2NO2/c1-2-20-15(19)11-5-3-4-6-14(11)18-10-7-8-12(16)13(17)9-10/h3-9,18H,2H2,1H3. The monoisotopic (exact) mass is 277 g/mol. The van der Waals surface area contributed by atoms with E-state index in [1.54, 1.807) is 31.2 Å². The maximum absolute atomic E-state index is 13.2. The summed E-state index contributed by atoms with van der Waals surface area (Å²) in [5.74, 6) is -2.35. The summed E-state index contributed by atoms with van der Waals surface area (Å²) in [5, 5.41) is 2.87. The third-order valence-electron chi connectivity index (χ3n) is 2.62. The summed E-state index contributed by atoms with van der Waals surface area (Å²) in [4.78, 5) is 11.8. The zero-order valence-electron chi connectivity index (χ0n) is 10.8. The van der Waals surface area contributed by atoms with Gasteiger partial charge in [0.25, 0.3) is 0 Å². The average molecular weight is 277 g/mol. The van der Waals surface area contributed by atoms with Gasteiger partial charge in [0.2, 0.25) is 0 Å². The van der Waals surface area contributed by atoms with Gasteiger partial charge in [-0.1, -0.05) is 12.1 Å². The second-order valence-electron chi connectivity index (χ2n) is 4.02. The number of carbonyl (C=O) groups excluding carboxylic acids is 1. The number of carbonyl (C=O) groups is 1. The highest BCUT2D eigenvalue weighted by Gasteiger charge is 2.12. The van der Waals surface area contributed by atoms with Gasteiger partial charge in [-0.2, -0.15) is 0 Å². The van der Waals surface area contributed by atoms with Crippen LogP contribution in [0.4, 0.5) is 20.2 Å². The van der Waals surface area contributed by atoms with Gasteiger partial charge >= 0.3 is 5.97 Å². The number of halogens is 2. The molecule has 0 aromatic heterocycles. The van der Waals surface area contributed by atoms with Gasteiger partial charge in [0.1, 0.15) is 0 Å². The Morgan fingerprint density at radius 1 is 1.15 bits per heavy atom. The van der Waals surface area contributed by atoms with Crippen molar-refractivity contribution in [1.82, 2.24) is 0 Å². The van der Waals surface area contributed by atoms with Crippen molar-refractivity contribution in [2.24, 2.45) is 0 Å². The fraction of sp³-hybridized carbons (Fsp3) is 0.133. The van der Waals surface area contributed by atoms with E-state index in [9.17, 15) is 13.6 Å². The highest BCUT2D eigenvalue weighted by molar-refractivity contribution is 5.96. The largest absolute Gasteiger partial charge is 0.462 e. The zero-order valence-corrected chi connectivity index (χ0v) is 10.8. The lowest BCUT2D eigenvalue weighted by Crippen LogP contribution is -2.07. The Morgan fingerprint density at radius 2 is 1.90 bits per heavy atom. The van der Waals surface area contributed by atoms with Crippen molar-refractivity contribution in [3.05, 3.63) is 59.7 Å². The van der Waals surface area contributed by atoms with Crippen LogP contribution in [0.2, 0.25) is 0 Å². The summed E-state index contributed by atoms with van der Waals surface area (Å²) in [6.07, 6.45) is 0. The third-order valence-corrected chi connectivity index (χ3v) is 2.62. The van der Waals surface area contributed by atoms with E-state index >= 15 is 0 Å². The van der Waals surface area contributed by atoms with E-state index in [0.717, 1.165) is 12.1 Å². The molecule has 0 bridgehead atoms. The van der Waals surface area contributed by atoms with Crippen molar-refractivity contribution in [2.45, 2.75) is 6.92 Å². The van der Waals surface area contributed by atoms with Gasteiger partial charge in [0, 0.05) is 11.8 Å². The van der Waals surface area contributed by atoms with Gasteiger partial charge in [0.05, 0.1) is 17.9 Å². The van der Waals surface area contributed by atoms with Gasteiger partial charge in [-0.3, -0.25) is 0 Å². The van der Waals surface area contributed by atoms with Crippen LogP contribution in [0.1, 0.15) is 17.3 Å². The lowest BCUT2D eigenvalue weighted by atomic mass is 10.1. The number of nitrogens with one attached hydrogen (secondary N) is 1. The molecule has 20 heavy (non-hydrogen) atoms. The summed E-state index contributed by atoms with van der Waals surface area (Å²) in [6, 6.07) is 10.1. The molecular weight excluding hydrogens is 264 g/mol. The van der Waals surface area contributed by atoms with Crippen LogP contribution in [0.3, 0.4) is 0 Å². The number of anilines is 2. The van der Waals surface area contributed by atoms with Crippen LogP contribution >= 0.6 is 0 Å². The van der Waals surface area contributed by atoms with Crippen molar-refractivity contribution >= 4 is 17.3 Å². The van der Waals surface area contributed by atoms with Gasteiger partial charge in [-0.25, -0.2) is 13.6 Å². The Kier molecular flexibility index (Phi) is 4.30. The van der Waals surface area contributed by atoms with Crippen molar-refractivity contribution < 1.29 is 18.3 Å². The Morgan fingerprint density at radius 3 is 2.60 bits per heavy atom. The average Bonchev–Trinajstić information content (AvgIpc) is 2.44. The van der Waals surface area contributed by atoms with Crippen molar-refractivity contribution in [1.29, 1.82) is 0 Å². The number of para-hydroxylation sites is 1. The summed E-state index contributed by atoms with van der Waals surface area (Å²) in [7, 11) is 0. The molecule has 3 nitrogen and oxygen atoms in total. The van der Waals surface area contributed by atoms with Crippen LogP contribution in [0, 0.1) is 11.6 Å². The molecular formula is C15H13F2NO2. The smallest absolute Gasteiger partial charge is 0.340 e. The van der Waals surface area contributed by atoms with Gasteiger partial charge < -0.3 is 10.1 Å². The second kappa shape index (κ2) is 6.14. The van der Waals surface area contributed by atoms with Gasteiger partial charge in [-0.05, 0) is 31.2 Å². The van der Waals surface area contributed by atoms with E-state index in [1.807, 2.05) is 0 Å². The number of rotatable bonds is 4. The molecule has 0 spiro atoms. The molecule has 0 saturated heterocycles. The summed E-state index contributed by atoms with van der Waals surface area (Å²) >= 11 is 0. The summed E-state index contributed by atoms with van der Waals surface area (Å²) in [5.41, 5.74) is 1.15. The number of esters is 1. The molecule has 0 atom stereocenters. The first-order chi connectivity index (χ1) is 9.61. The second-order valence-corrected chi connectivity index (χ2v) is 4.02. The Bertz CT molecular complexity index is 629. The quantitative estimate of drug-likeness (QED) is 0.862. The Labute approximate surface area is 115 Å². The molecule has 0 aliphatic heterocycles. The summed E-state index contributed by atoms with van der Waals surface area (Å²) in [6.45, 7) is 1.97. The Hall–Kier alpha value is -2.43. The first kappa shape index (κ1) is 14.0. The highest BCUT2D eigenvalue weighted by Crippen LogP contribution is 2.22. The number of ether oxygens (including phenoxy) is 1. The van der Waals surface area contributed by atoms with Crippen LogP contribution in [0.15, 0.2) is 42.5 Å². The van der Waals surface area contributed by atoms with Crippen LogP contribution < -0.4 is 5.32 Å². The molecule has 1 N–H and O–H groups in total. The molecule has 0 saturated carbocycles. The normalized spacial score (nSPS) is 10.2. The maximum atomic E-state index is 13.2. The molecule has 104 valence electrons. The lowest BCUT2D eigenvalue weighted by Gasteiger charge is -2.11. The fourth-order valence-corrected chi connectivity index (χ4v) is 1.71.